The predicted molar refractivity (Wildman–Crippen MR) is 67.1 cm³/mol. The Balaban J connectivity index is 3.31. The Labute approximate surface area is 106 Å². The van der Waals surface area contributed by atoms with Crippen molar-refractivity contribution in [2.75, 3.05) is 20.8 Å². The molecule has 0 heterocycles. The molecule has 0 spiro atoms. The van der Waals surface area contributed by atoms with Crippen molar-refractivity contribution in [3.63, 3.8) is 0 Å². The van der Waals surface area contributed by atoms with Crippen LogP contribution >= 0.6 is 0 Å². The van der Waals surface area contributed by atoms with Crippen LogP contribution in [0.5, 0.6) is 11.5 Å². The first-order chi connectivity index (χ1) is 8.54. The first-order valence-corrected chi connectivity index (χ1v) is 5.68. The number of hydrogen-bond acceptors (Lipinski definition) is 4. The highest BCUT2D eigenvalue weighted by Gasteiger charge is 2.19. The lowest BCUT2D eigenvalue weighted by Gasteiger charge is -2.14. The van der Waals surface area contributed by atoms with Gasteiger partial charge in [-0.1, -0.05) is 0 Å². The molecule has 0 aliphatic rings. The van der Waals surface area contributed by atoms with Crippen LogP contribution in [0.2, 0.25) is 0 Å². The van der Waals surface area contributed by atoms with Crippen molar-refractivity contribution in [3.05, 3.63) is 23.3 Å². The lowest BCUT2D eigenvalue weighted by molar-refractivity contribution is 0.0982. The molecule has 1 rings (SSSR count). The zero-order chi connectivity index (χ0) is 13.7. The van der Waals surface area contributed by atoms with Crippen LogP contribution in [0.4, 0.5) is 4.39 Å². The molecule has 18 heavy (non-hydrogen) atoms. The van der Waals surface area contributed by atoms with Crippen molar-refractivity contribution >= 4 is 5.78 Å². The maximum absolute atomic E-state index is 13.5. The summed E-state index contributed by atoms with van der Waals surface area (Å²) in [4.78, 5) is 11.9. The minimum absolute atomic E-state index is 0.168. The Morgan fingerprint density at radius 2 is 1.94 bits per heavy atom. The molecule has 100 valence electrons. The topological polar surface area (TPSA) is 61.5 Å². The number of ether oxygens (including phenoxy) is 2. The number of Topliss-reactive ketones (excluding diaryl/α,β-unsaturated/α-hetero) is 1. The SMILES string of the molecule is COc1cc(OC)c(C(C)F)cc1C(=O)CCN. The molecule has 1 aromatic rings. The van der Waals surface area contributed by atoms with E-state index in [1.807, 2.05) is 0 Å². The van der Waals surface area contributed by atoms with E-state index in [0.717, 1.165) is 0 Å². The molecule has 0 aliphatic carbocycles. The minimum atomic E-state index is -1.23. The molecule has 0 aromatic heterocycles. The molecule has 0 saturated heterocycles. The molecule has 0 saturated carbocycles. The number of hydrogen-bond donors (Lipinski definition) is 1. The molecule has 0 amide bonds. The second kappa shape index (κ2) is 6.35. The third-order valence-electron chi connectivity index (χ3n) is 2.65. The van der Waals surface area contributed by atoms with Crippen LogP contribution in [0.25, 0.3) is 0 Å². The Morgan fingerprint density at radius 3 is 2.39 bits per heavy atom. The highest BCUT2D eigenvalue weighted by Crippen LogP contribution is 2.34. The lowest BCUT2D eigenvalue weighted by atomic mass is 10.0. The number of halogens is 1. The number of nitrogens with two attached hydrogens (primary N) is 1. The largest absolute Gasteiger partial charge is 0.496 e. The zero-order valence-corrected chi connectivity index (χ0v) is 10.8. The summed E-state index contributed by atoms with van der Waals surface area (Å²) < 4.78 is 23.7. The maximum atomic E-state index is 13.5. The van der Waals surface area contributed by atoms with Gasteiger partial charge in [0, 0.05) is 18.1 Å². The van der Waals surface area contributed by atoms with Gasteiger partial charge in [-0.3, -0.25) is 4.79 Å². The van der Waals surface area contributed by atoms with Gasteiger partial charge < -0.3 is 15.2 Å². The van der Waals surface area contributed by atoms with E-state index in [9.17, 15) is 9.18 Å². The summed E-state index contributed by atoms with van der Waals surface area (Å²) in [7, 11) is 2.90. The Bertz CT molecular complexity index is 432. The number of methoxy groups -OCH3 is 2. The molecule has 5 heteroatoms. The molecule has 0 fully saturated rings. The van der Waals surface area contributed by atoms with Crippen LogP contribution in [0.1, 0.15) is 35.4 Å². The minimum Gasteiger partial charge on any atom is -0.496 e. The van der Waals surface area contributed by atoms with Crippen molar-refractivity contribution in [1.82, 2.24) is 0 Å². The first-order valence-electron chi connectivity index (χ1n) is 5.68. The number of benzene rings is 1. The Hall–Kier alpha value is -1.62. The average Bonchev–Trinajstić information content (AvgIpc) is 2.37. The van der Waals surface area contributed by atoms with E-state index in [0.29, 0.717) is 22.6 Å². The van der Waals surface area contributed by atoms with E-state index in [4.69, 9.17) is 15.2 Å². The van der Waals surface area contributed by atoms with Gasteiger partial charge in [0.25, 0.3) is 0 Å². The smallest absolute Gasteiger partial charge is 0.167 e. The average molecular weight is 255 g/mol. The molecule has 1 aromatic carbocycles. The molecule has 0 bridgehead atoms. The summed E-state index contributed by atoms with van der Waals surface area (Å²) in [6, 6.07) is 3.00. The van der Waals surface area contributed by atoms with E-state index in [1.165, 1.54) is 33.3 Å². The van der Waals surface area contributed by atoms with Crippen molar-refractivity contribution in [2.24, 2.45) is 5.73 Å². The molecule has 0 aliphatic heterocycles. The molecular formula is C13H18FNO3. The van der Waals surface area contributed by atoms with Crippen LogP contribution in [0.3, 0.4) is 0 Å². The third-order valence-corrected chi connectivity index (χ3v) is 2.65. The van der Waals surface area contributed by atoms with E-state index in [-0.39, 0.29) is 18.7 Å². The van der Waals surface area contributed by atoms with Crippen LogP contribution in [-0.2, 0) is 0 Å². The molecule has 1 atom stereocenters. The number of carbonyl (C=O) groups excluding carboxylic acids is 1. The monoisotopic (exact) mass is 255 g/mol. The van der Waals surface area contributed by atoms with Crippen LogP contribution < -0.4 is 15.2 Å². The third kappa shape index (κ3) is 2.98. The van der Waals surface area contributed by atoms with E-state index >= 15 is 0 Å². The normalized spacial score (nSPS) is 12.1. The quantitative estimate of drug-likeness (QED) is 0.792. The lowest BCUT2D eigenvalue weighted by Crippen LogP contribution is -2.10. The van der Waals surface area contributed by atoms with Gasteiger partial charge in [-0.25, -0.2) is 4.39 Å². The van der Waals surface area contributed by atoms with Crippen LogP contribution in [0.15, 0.2) is 12.1 Å². The van der Waals surface area contributed by atoms with Gasteiger partial charge in [0.1, 0.15) is 17.7 Å². The van der Waals surface area contributed by atoms with Crippen LogP contribution in [-0.4, -0.2) is 26.5 Å². The summed E-state index contributed by atoms with van der Waals surface area (Å²) in [5.74, 6) is 0.569. The van der Waals surface area contributed by atoms with Gasteiger partial charge in [-0.2, -0.15) is 0 Å². The van der Waals surface area contributed by atoms with Gasteiger partial charge in [0.2, 0.25) is 0 Å². The molecular weight excluding hydrogens is 237 g/mol. The highest BCUT2D eigenvalue weighted by atomic mass is 19.1. The van der Waals surface area contributed by atoms with Gasteiger partial charge in [0.15, 0.2) is 5.78 Å². The summed E-state index contributed by atoms with van der Waals surface area (Å²) in [5, 5.41) is 0. The number of carbonyl (C=O) groups is 1. The second-order valence-corrected chi connectivity index (χ2v) is 3.87. The van der Waals surface area contributed by atoms with Crippen molar-refractivity contribution in [1.29, 1.82) is 0 Å². The zero-order valence-electron chi connectivity index (χ0n) is 10.8. The second-order valence-electron chi connectivity index (χ2n) is 3.87. The van der Waals surface area contributed by atoms with Gasteiger partial charge in [-0.15, -0.1) is 0 Å². The number of rotatable bonds is 6. The molecule has 2 N–H and O–H groups in total. The Kier molecular flexibility index (Phi) is 5.09. The molecule has 4 nitrogen and oxygen atoms in total. The van der Waals surface area contributed by atoms with Gasteiger partial charge in [-0.05, 0) is 19.5 Å². The van der Waals surface area contributed by atoms with Crippen LogP contribution in [0, 0.1) is 0 Å². The molecule has 1 unspecified atom stereocenters. The Morgan fingerprint density at radius 1 is 1.33 bits per heavy atom. The van der Waals surface area contributed by atoms with E-state index in [2.05, 4.69) is 0 Å². The summed E-state index contributed by atoms with van der Waals surface area (Å²) in [5.41, 5.74) is 6.02. The fraction of sp³-hybridized carbons (Fsp3) is 0.462. The van der Waals surface area contributed by atoms with Gasteiger partial charge >= 0.3 is 0 Å². The highest BCUT2D eigenvalue weighted by molar-refractivity contribution is 5.99. The predicted octanol–water partition coefficient (Wildman–Crippen LogP) is 2.27. The van der Waals surface area contributed by atoms with Crippen molar-refractivity contribution < 1.29 is 18.7 Å². The summed E-state index contributed by atoms with van der Waals surface area (Å²) >= 11 is 0. The fourth-order valence-corrected chi connectivity index (χ4v) is 1.72. The summed E-state index contributed by atoms with van der Waals surface area (Å²) in [6.45, 7) is 1.63. The fourth-order valence-electron chi connectivity index (χ4n) is 1.72. The first kappa shape index (κ1) is 14.4. The van der Waals surface area contributed by atoms with E-state index < -0.39 is 6.17 Å². The summed E-state index contributed by atoms with van der Waals surface area (Å²) in [6.07, 6.45) is -1.03. The number of alkyl halides is 1. The van der Waals surface area contributed by atoms with Crippen molar-refractivity contribution in [2.45, 2.75) is 19.5 Å². The molecule has 0 radical (unpaired) electrons. The van der Waals surface area contributed by atoms with E-state index in [1.54, 1.807) is 0 Å². The van der Waals surface area contributed by atoms with Gasteiger partial charge in [0.05, 0.1) is 19.8 Å². The maximum Gasteiger partial charge on any atom is 0.167 e. The standard InChI is InChI=1S/C13H18FNO3/c1-8(14)9-6-10(11(16)4-5-15)13(18-3)7-12(9)17-2/h6-8H,4-5,15H2,1-3H3. The number of ketones is 1. The van der Waals surface area contributed by atoms with Crippen molar-refractivity contribution in [3.8, 4) is 11.5 Å².